The highest BCUT2D eigenvalue weighted by molar-refractivity contribution is 14.0. The van der Waals surface area contributed by atoms with Gasteiger partial charge in [-0.25, -0.2) is 0 Å². The van der Waals surface area contributed by atoms with Crippen LogP contribution in [0.5, 0.6) is 0 Å². The van der Waals surface area contributed by atoms with Crippen molar-refractivity contribution in [2.75, 3.05) is 26.2 Å². The summed E-state index contributed by atoms with van der Waals surface area (Å²) in [6.45, 7) is 11.3. The monoisotopic (exact) mass is 411 g/mol. The van der Waals surface area contributed by atoms with Crippen LogP contribution in [-0.2, 0) is 0 Å². The number of aliphatic hydroxyl groups is 1. The smallest absolute Gasteiger partial charge is 0.191 e. The first-order valence-corrected chi connectivity index (χ1v) is 7.88. The van der Waals surface area contributed by atoms with E-state index in [1.807, 2.05) is 6.92 Å². The van der Waals surface area contributed by atoms with E-state index in [1.54, 1.807) is 0 Å². The van der Waals surface area contributed by atoms with Gasteiger partial charge in [-0.2, -0.15) is 0 Å². The molecule has 0 aliphatic heterocycles. The molecule has 0 rings (SSSR count). The van der Waals surface area contributed by atoms with Gasteiger partial charge < -0.3 is 15.7 Å². The summed E-state index contributed by atoms with van der Waals surface area (Å²) in [4.78, 5) is 4.64. The predicted molar refractivity (Wildman–Crippen MR) is 103 cm³/mol. The average Bonchev–Trinajstić information content (AvgIpc) is 2.40. The van der Waals surface area contributed by atoms with Crippen LogP contribution in [-0.4, -0.2) is 37.3 Å². The van der Waals surface area contributed by atoms with Crippen LogP contribution in [0.1, 0.15) is 47.0 Å². The van der Waals surface area contributed by atoms with E-state index in [0.29, 0.717) is 11.8 Å². The lowest BCUT2D eigenvalue weighted by atomic mass is 9.94. The molecule has 0 aromatic carbocycles. The van der Waals surface area contributed by atoms with E-state index in [4.69, 9.17) is 5.11 Å². The fraction of sp³-hybridized carbons (Fsp3) is 0.812. The van der Waals surface area contributed by atoms with Gasteiger partial charge >= 0.3 is 0 Å². The van der Waals surface area contributed by atoms with Crippen LogP contribution in [0, 0.1) is 11.8 Å². The second-order valence-electron chi connectivity index (χ2n) is 5.51. The molecular weight excluding hydrogens is 377 g/mol. The van der Waals surface area contributed by atoms with Gasteiger partial charge in [-0.05, 0) is 44.9 Å². The predicted octanol–water partition coefficient (Wildman–Crippen LogP) is 3.17. The number of halogens is 1. The van der Waals surface area contributed by atoms with E-state index < -0.39 is 0 Å². The van der Waals surface area contributed by atoms with E-state index in [-0.39, 0.29) is 30.6 Å². The summed E-state index contributed by atoms with van der Waals surface area (Å²) in [5.74, 6) is 1.99. The molecule has 0 saturated heterocycles. The number of guanidine groups is 1. The number of aliphatic imine (C=N–C) groups is 1. The van der Waals surface area contributed by atoms with Gasteiger partial charge in [0.25, 0.3) is 0 Å². The lowest BCUT2D eigenvalue weighted by Crippen LogP contribution is -2.38. The fourth-order valence-electron chi connectivity index (χ4n) is 2.14. The maximum absolute atomic E-state index is 9.13. The molecule has 0 spiro atoms. The summed E-state index contributed by atoms with van der Waals surface area (Å²) in [5, 5.41) is 15.7. The minimum atomic E-state index is 0. The van der Waals surface area contributed by atoms with Gasteiger partial charge in [-0.3, -0.25) is 4.99 Å². The second-order valence-corrected chi connectivity index (χ2v) is 5.51. The number of rotatable bonds is 10. The Bertz CT molecular complexity index is 281. The minimum Gasteiger partial charge on any atom is -0.396 e. The third kappa shape index (κ3) is 14.4. The molecule has 5 heteroatoms. The van der Waals surface area contributed by atoms with Crippen LogP contribution < -0.4 is 10.6 Å². The molecule has 0 radical (unpaired) electrons. The molecule has 3 N–H and O–H groups in total. The molecule has 1 unspecified atom stereocenters. The van der Waals surface area contributed by atoms with Crippen molar-refractivity contribution in [3.63, 3.8) is 0 Å². The van der Waals surface area contributed by atoms with Crippen LogP contribution >= 0.6 is 24.0 Å². The highest BCUT2D eigenvalue weighted by Crippen LogP contribution is 2.15. The minimum absolute atomic E-state index is 0. The molecule has 0 aromatic rings. The van der Waals surface area contributed by atoms with Crippen molar-refractivity contribution < 1.29 is 5.11 Å². The third-order valence-corrected chi connectivity index (χ3v) is 3.03. The Balaban J connectivity index is 0. The highest BCUT2D eigenvalue weighted by atomic mass is 127. The van der Waals surface area contributed by atoms with E-state index in [2.05, 4.69) is 48.5 Å². The Hall–Kier alpha value is -0.300. The molecule has 1 atom stereocenters. The molecule has 0 aliphatic rings. The maximum atomic E-state index is 9.13. The average molecular weight is 411 g/mol. The zero-order valence-corrected chi connectivity index (χ0v) is 16.4. The second kappa shape index (κ2) is 16.1. The van der Waals surface area contributed by atoms with Crippen molar-refractivity contribution in [3.8, 4) is 0 Å². The van der Waals surface area contributed by atoms with Gasteiger partial charge in [0, 0.05) is 26.2 Å². The summed E-state index contributed by atoms with van der Waals surface area (Å²) in [6, 6.07) is 0. The van der Waals surface area contributed by atoms with Crippen LogP contribution in [0.25, 0.3) is 0 Å². The van der Waals surface area contributed by atoms with Gasteiger partial charge in [0.1, 0.15) is 0 Å². The van der Waals surface area contributed by atoms with E-state index >= 15 is 0 Å². The van der Waals surface area contributed by atoms with Gasteiger partial charge in [-0.1, -0.05) is 26.0 Å². The van der Waals surface area contributed by atoms with Gasteiger partial charge in [0.05, 0.1) is 0 Å². The van der Waals surface area contributed by atoms with Gasteiger partial charge in [0.2, 0.25) is 0 Å². The van der Waals surface area contributed by atoms with Crippen molar-refractivity contribution in [1.29, 1.82) is 0 Å². The highest BCUT2D eigenvalue weighted by Gasteiger charge is 2.10. The van der Waals surface area contributed by atoms with Crippen LogP contribution in [0.15, 0.2) is 17.1 Å². The molecule has 0 fully saturated rings. The molecule has 0 bridgehead atoms. The third-order valence-electron chi connectivity index (χ3n) is 3.03. The lowest BCUT2D eigenvalue weighted by Gasteiger charge is -2.17. The Kier molecular flexibility index (Phi) is 17.6. The zero-order valence-electron chi connectivity index (χ0n) is 14.1. The summed E-state index contributed by atoms with van der Waals surface area (Å²) >= 11 is 0. The Morgan fingerprint density at radius 2 is 2.00 bits per heavy atom. The molecule has 0 heterocycles. The van der Waals surface area contributed by atoms with Crippen molar-refractivity contribution in [1.82, 2.24) is 10.6 Å². The first-order valence-electron chi connectivity index (χ1n) is 7.88. The molecular formula is C16H34IN3O. The van der Waals surface area contributed by atoms with Crippen molar-refractivity contribution in [3.05, 3.63) is 12.2 Å². The number of hydrogen-bond donors (Lipinski definition) is 3. The molecule has 0 aromatic heterocycles. The maximum Gasteiger partial charge on any atom is 0.191 e. The number of nitrogens with one attached hydrogen (secondary N) is 2. The van der Waals surface area contributed by atoms with E-state index in [0.717, 1.165) is 44.9 Å². The number of allylic oxidation sites excluding steroid dienone is 1. The molecule has 126 valence electrons. The molecule has 4 nitrogen and oxygen atoms in total. The lowest BCUT2D eigenvalue weighted by molar-refractivity contribution is 0.245. The molecule has 21 heavy (non-hydrogen) atoms. The summed E-state index contributed by atoms with van der Waals surface area (Å²) in [6.07, 6.45) is 7.16. The Morgan fingerprint density at radius 3 is 2.52 bits per heavy atom. The summed E-state index contributed by atoms with van der Waals surface area (Å²) in [7, 11) is 0. The summed E-state index contributed by atoms with van der Waals surface area (Å²) < 4.78 is 0. The molecule has 0 aliphatic carbocycles. The van der Waals surface area contributed by atoms with Crippen LogP contribution in [0.4, 0.5) is 0 Å². The molecule has 0 amide bonds. The van der Waals surface area contributed by atoms with Crippen molar-refractivity contribution >= 4 is 29.9 Å². The zero-order chi connectivity index (χ0) is 15.2. The van der Waals surface area contributed by atoms with Crippen molar-refractivity contribution in [2.45, 2.75) is 47.0 Å². The fourth-order valence-corrected chi connectivity index (χ4v) is 2.14. The van der Waals surface area contributed by atoms with Crippen LogP contribution in [0.2, 0.25) is 0 Å². The number of nitrogens with zero attached hydrogens (tertiary/aromatic N) is 1. The number of aliphatic hydroxyl groups excluding tert-OH is 1. The van der Waals surface area contributed by atoms with E-state index in [1.165, 1.54) is 0 Å². The van der Waals surface area contributed by atoms with E-state index in [9.17, 15) is 0 Å². The van der Waals surface area contributed by atoms with Crippen molar-refractivity contribution in [2.24, 2.45) is 16.8 Å². The first kappa shape index (κ1) is 23.0. The Labute approximate surface area is 147 Å². The van der Waals surface area contributed by atoms with Gasteiger partial charge in [-0.15, -0.1) is 24.0 Å². The topological polar surface area (TPSA) is 56.7 Å². The molecule has 0 saturated carbocycles. The normalized spacial score (nSPS) is 13.3. The van der Waals surface area contributed by atoms with Gasteiger partial charge in [0.15, 0.2) is 5.96 Å². The summed E-state index contributed by atoms with van der Waals surface area (Å²) in [5.41, 5.74) is 0. The quantitative estimate of drug-likeness (QED) is 0.170. The van der Waals surface area contributed by atoms with Crippen LogP contribution in [0.3, 0.4) is 0 Å². The Morgan fingerprint density at radius 1 is 1.29 bits per heavy atom. The first-order chi connectivity index (χ1) is 9.63. The SMILES string of the molecule is C/C=C/CCNC(=NCC(CCO)CC(C)C)NCC.I. The standard InChI is InChI=1S/C16H33N3O.HI/c1-5-7-8-10-18-16(17-6-2)19-13-15(9-11-20)12-14(3)4;/h5,7,14-15,20H,6,8-13H2,1-4H3,(H2,17,18,19);1H/b7-5+;. The number of hydrogen-bond acceptors (Lipinski definition) is 2. The largest absolute Gasteiger partial charge is 0.396 e.